The van der Waals surface area contributed by atoms with E-state index in [1.165, 1.54) is 12.1 Å². The zero-order valence-corrected chi connectivity index (χ0v) is 17.5. The average Bonchev–Trinajstić information content (AvgIpc) is 3.01. The summed E-state index contributed by atoms with van der Waals surface area (Å²) in [6.07, 6.45) is 1.66. The van der Waals surface area contributed by atoms with Crippen LogP contribution >= 0.6 is 23.2 Å². The summed E-state index contributed by atoms with van der Waals surface area (Å²) in [6.45, 7) is 1.08. The van der Waals surface area contributed by atoms with Gasteiger partial charge in [0.2, 0.25) is 0 Å². The number of benzene rings is 2. The van der Waals surface area contributed by atoms with Crippen LogP contribution in [0.4, 0.5) is 10.1 Å². The summed E-state index contributed by atoms with van der Waals surface area (Å²) in [5, 5.41) is 9.94. The Kier molecular flexibility index (Phi) is 5.82. The van der Waals surface area contributed by atoms with Gasteiger partial charge in [-0.15, -0.1) is 0 Å². The first kappa shape index (κ1) is 20.8. The molecule has 1 fully saturated rings. The highest BCUT2D eigenvalue weighted by atomic mass is 35.5. The van der Waals surface area contributed by atoms with Crippen LogP contribution < -0.4 is 4.90 Å². The summed E-state index contributed by atoms with van der Waals surface area (Å²) in [5.74, 6) is -1.61. The van der Waals surface area contributed by atoms with Crippen LogP contribution in [-0.2, 0) is 9.59 Å². The van der Waals surface area contributed by atoms with Gasteiger partial charge < -0.3 is 10.0 Å². The lowest BCUT2D eigenvalue weighted by molar-refractivity contribution is -0.120. The van der Waals surface area contributed by atoms with Crippen molar-refractivity contribution in [1.29, 1.82) is 0 Å². The van der Waals surface area contributed by atoms with E-state index < -0.39 is 17.6 Å². The summed E-state index contributed by atoms with van der Waals surface area (Å²) in [4.78, 5) is 29.7. The number of imide groups is 1. The van der Waals surface area contributed by atoms with Gasteiger partial charge in [0, 0.05) is 24.7 Å². The normalized spacial score (nSPS) is 19.8. The highest BCUT2D eigenvalue weighted by Gasteiger charge is 2.43. The largest absolute Gasteiger partial charge is 0.396 e. The fourth-order valence-electron chi connectivity index (χ4n) is 3.96. The molecule has 2 aliphatic heterocycles. The smallest absolute Gasteiger partial charge is 0.282 e. The Labute approximate surface area is 183 Å². The summed E-state index contributed by atoms with van der Waals surface area (Å²) in [6, 6.07) is 10.4. The number of hydrogen-bond donors (Lipinski definition) is 1. The SMILES string of the molecule is O=C1C(c2ccc(Cl)cc2)=C(N2CCCC(CO)C2)C(=O)N1c1ccc(F)c(Cl)c1. The Morgan fingerprint density at radius 3 is 2.47 bits per heavy atom. The third kappa shape index (κ3) is 3.71. The van der Waals surface area contributed by atoms with E-state index in [9.17, 15) is 19.1 Å². The molecular weight excluding hydrogens is 430 g/mol. The molecule has 0 spiro atoms. The highest BCUT2D eigenvalue weighted by Crippen LogP contribution is 2.37. The Hall–Kier alpha value is -2.41. The third-order valence-electron chi connectivity index (χ3n) is 5.45. The molecule has 156 valence electrons. The molecule has 4 rings (SSSR count). The van der Waals surface area contributed by atoms with Gasteiger partial charge in [-0.25, -0.2) is 9.29 Å². The number of nitrogens with zero attached hydrogens (tertiary/aromatic N) is 2. The molecule has 2 amide bonds. The van der Waals surface area contributed by atoms with Crippen LogP contribution in [0.25, 0.3) is 5.57 Å². The third-order valence-corrected chi connectivity index (χ3v) is 5.99. The predicted molar refractivity (Wildman–Crippen MR) is 114 cm³/mol. The predicted octanol–water partition coefficient (Wildman–Crippen LogP) is 4.12. The van der Waals surface area contributed by atoms with E-state index in [-0.39, 0.29) is 34.5 Å². The maximum absolute atomic E-state index is 13.6. The number of piperidine rings is 1. The quantitative estimate of drug-likeness (QED) is 0.714. The van der Waals surface area contributed by atoms with Gasteiger partial charge in [-0.2, -0.15) is 0 Å². The fraction of sp³-hybridized carbons (Fsp3) is 0.273. The molecule has 1 saturated heterocycles. The molecule has 0 saturated carbocycles. The Balaban J connectivity index is 1.81. The van der Waals surface area contributed by atoms with Crippen molar-refractivity contribution in [1.82, 2.24) is 4.90 Å². The molecule has 1 unspecified atom stereocenters. The second-order valence-corrected chi connectivity index (χ2v) is 8.26. The molecule has 2 heterocycles. The van der Waals surface area contributed by atoms with E-state index in [0.717, 1.165) is 23.8 Å². The second-order valence-electron chi connectivity index (χ2n) is 7.41. The van der Waals surface area contributed by atoms with Crippen molar-refractivity contribution in [2.75, 3.05) is 24.6 Å². The van der Waals surface area contributed by atoms with Gasteiger partial charge in [0.05, 0.1) is 16.3 Å². The van der Waals surface area contributed by atoms with Crippen LogP contribution in [0, 0.1) is 11.7 Å². The van der Waals surface area contributed by atoms with E-state index in [0.29, 0.717) is 23.7 Å². The first-order chi connectivity index (χ1) is 14.4. The van der Waals surface area contributed by atoms with Crippen LogP contribution in [0.15, 0.2) is 48.2 Å². The molecule has 0 radical (unpaired) electrons. The van der Waals surface area contributed by atoms with Crippen LogP contribution in [0.5, 0.6) is 0 Å². The number of halogens is 3. The minimum atomic E-state index is -0.632. The number of hydrogen-bond acceptors (Lipinski definition) is 4. The summed E-state index contributed by atoms with van der Waals surface area (Å²) >= 11 is 11.9. The zero-order chi connectivity index (χ0) is 21.4. The summed E-state index contributed by atoms with van der Waals surface area (Å²) in [7, 11) is 0. The minimum Gasteiger partial charge on any atom is -0.396 e. The first-order valence-corrected chi connectivity index (χ1v) is 10.4. The van der Waals surface area contributed by atoms with Gasteiger partial charge in [-0.05, 0) is 54.7 Å². The van der Waals surface area contributed by atoms with Gasteiger partial charge in [0.1, 0.15) is 11.5 Å². The van der Waals surface area contributed by atoms with Crippen molar-refractivity contribution < 1.29 is 19.1 Å². The minimum absolute atomic E-state index is 0.0134. The lowest BCUT2D eigenvalue weighted by Crippen LogP contribution is -2.40. The van der Waals surface area contributed by atoms with E-state index in [4.69, 9.17) is 23.2 Å². The number of likely N-dealkylation sites (tertiary alicyclic amines) is 1. The highest BCUT2D eigenvalue weighted by molar-refractivity contribution is 6.45. The Morgan fingerprint density at radius 2 is 1.80 bits per heavy atom. The molecular formula is C22H19Cl2FN2O3. The topological polar surface area (TPSA) is 60.9 Å². The van der Waals surface area contributed by atoms with Crippen molar-refractivity contribution >= 4 is 46.3 Å². The van der Waals surface area contributed by atoms with Gasteiger partial charge in [0.15, 0.2) is 0 Å². The Bertz CT molecular complexity index is 1040. The van der Waals surface area contributed by atoms with E-state index in [1.807, 2.05) is 4.90 Å². The number of aliphatic hydroxyl groups is 1. The summed E-state index contributed by atoms with van der Waals surface area (Å²) in [5.41, 5.74) is 1.31. The van der Waals surface area contributed by atoms with Crippen molar-refractivity contribution in [3.05, 3.63) is 69.6 Å². The molecule has 30 heavy (non-hydrogen) atoms. The lowest BCUT2D eigenvalue weighted by atomic mass is 9.97. The lowest BCUT2D eigenvalue weighted by Gasteiger charge is -2.34. The molecule has 1 N–H and O–H groups in total. The van der Waals surface area contributed by atoms with Gasteiger partial charge >= 0.3 is 0 Å². The molecule has 2 aromatic carbocycles. The monoisotopic (exact) mass is 448 g/mol. The molecule has 2 aromatic rings. The fourth-order valence-corrected chi connectivity index (χ4v) is 4.26. The van der Waals surface area contributed by atoms with Gasteiger partial charge in [0.25, 0.3) is 11.8 Å². The number of carbonyl (C=O) groups is 2. The molecule has 8 heteroatoms. The van der Waals surface area contributed by atoms with E-state index in [1.54, 1.807) is 24.3 Å². The molecule has 0 aromatic heterocycles. The van der Waals surface area contributed by atoms with Crippen LogP contribution in [-0.4, -0.2) is 41.5 Å². The number of anilines is 1. The van der Waals surface area contributed by atoms with Crippen LogP contribution in [0.1, 0.15) is 18.4 Å². The molecule has 2 aliphatic rings. The second kappa shape index (κ2) is 8.38. The van der Waals surface area contributed by atoms with Crippen molar-refractivity contribution in [2.24, 2.45) is 5.92 Å². The molecule has 1 atom stereocenters. The standard InChI is InChI=1S/C22H19Cl2FN2O3/c23-15-5-3-14(4-6-15)19-20(26-9-1-2-13(11-26)12-28)22(30)27(21(19)29)16-7-8-18(25)17(24)10-16/h3-8,10,13,28H,1-2,9,11-12H2. The van der Waals surface area contributed by atoms with Crippen LogP contribution in [0.3, 0.4) is 0 Å². The molecule has 5 nitrogen and oxygen atoms in total. The number of carbonyl (C=O) groups excluding carboxylic acids is 2. The zero-order valence-electron chi connectivity index (χ0n) is 15.9. The number of amides is 2. The van der Waals surface area contributed by atoms with Gasteiger partial charge in [-0.1, -0.05) is 35.3 Å². The average molecular weight is 449 g/mol. The van der Waals surface area contributed by atoms with Crippen LogP contribution in [0.2, 0.25) is 10.0 Å². The number of rotatable bonds is 4. The van der Waals surface area contributed by atoms with E-state index in [2.05, 4.69) is 0 Å². The van der Waals surface area contributed by atoms with Crippen molar-refractivity contribution in [2.45, 2.75) is 12.8 Å². The maximum Gasteiger partial charge on any atom is 0.282 e. The van der Waals surface area contributed by atoms with Gasteiger partial charge in [-0.3, -0.25) is 9.59 Å². The van der Waals surface area contributed by atoms with E-state index >= 15 is 0 Å². The van der Waals surface area contributed by atoms with Crippen molar-refractivity contribution in [3.63, 3.8) is 0 Å². The van der Waals surface area contributed by atoms with Crippen molar-refractivity contribution in [3.8, 4) is 0 Å². The maximum atomic E-state index is 13.6. The number of aliphatic hydroxyl groups excluding tert-OH is 1. The Morgan fingerprint density at radius 1 is 1.07 bits per heavy atom. The molecule has 0 bridgehead atoms. The first-order valence-electron chi connectivity index (χ1n) is 9.60. The molecule has 0 aliphatic carbocycles. The summed E-state index contributed by atoms with van der Waals surface area (Å²) < 4.78 is 13.6.